The van der Waals surface area contributed by atoms with Crippen LogP contribution in [0.15, 0.2) is 53.4 Å². The van der Waals surface area contributed by atoms with E-state index in [9.17, 15) is 13.2 Å². The highest BCUT2D eigenvalue weighted by Crippen LogP contribution is 2.14. The zero-order valence-corrected chi connectivity index (χ0v) is 15.1. The van der Waals surface area contributed by atoms with Crippen molar-refractivity contribution in [2.45, 2.75) is 24.8 Å². The Balaban J connectivity index is 1.74. The lowest BCUT2D eigenvalue weighted by molar-refractivity contribution is 0.0953. The number of fused-ring (bicyclic) bond motifs is 1. The molecule has 0 aliphatic rings. The Morgan fingerprint density at radius 2 is 1.96 bits per heavy atom. The lowest BCUT2D eigenvalue weighted by Crippen LogP contribution is -2.26. The molecule has 8 heteroatoms. The largest absolute Gasteiger partial charge is 0.352 e. The molecular formula is C18H20N4O3S. The zero-order valence-electron chi connectivity index (χ0n) is 14.3. The van der Waals surface area contributed by atoms with E-state index < -0.39 is 10.0 Å². The number of imidazole rings is 1. The molecule has 1 heterocycles. The molecule has 0 aliphatic heterocycles. The quantitative estimate of drug-likeness (QED) is 0.591. The van der Waals surface area contributed by atoms with E-state index in [4.69, 9.17) is 0 Å². The van der Waals surface area contributed by atoms with Gasteiger partial charge in [0.1, 0.15) is 5.82 Å². The minimum Gasteiger partial charge on any atom is -0.352 e. The van der Waals surface area contributed by atoms with Gasteiger partial charge in [-0.15, -0.1) is 0 Å². The highest BCUT2D eigenvalue weighted by Gasteiger charge is 2.17. The van der Waals surface area contributed by atoms with Gasteiger partial charge in [0, 0.05) is 12.1 Å². The third-order valence-corrected chi connectivity index (χ3v) is 5.21. The first-order chi connectivity index (χ1) is 12.5. The number of carbonyl (C=O) groups is 1. The Kier molecular flexibility index (Phi) is 5.34. The summed E-state index contributed by atoms with van der Waals surface area (Å²) in [5.41, 5.74) is 1.93. The minimum atomic E-state index is -3.76. The van der Waals surface area contributed by atoms with Crippen molar-refractivity contribution in [2.24, 2.45) is 0 Å². The van der Waals surface area contributed by atoms with E-state index >= 15 is 0 Å². The summed E-state index contributed by atoms with van der Waals surface area (Å²) in [6.45, 7) is 2.52. The number of H-pyrrole nitrogens is 1. The predicted octanol–water partition coefficient (Wildman–Crippen LogP) is 2.18. The maximum atomic E-state index is 12.5. The van der Waals surface area contributed by atoms with Gasteiger partial charge in [-0.1, -0.05) is 25.1 Å². The van der Waals surface area contributed by atoms with Gasteiger partial charge in [-0.2, -0.15) is 0 Å². The van der Waals surface area contributed by atoms with Crippen molar-refractivity contribution >= 4 is 27.0 Å². The molecule has 7 nitrogen and oxygen atoms in total. The molecule has 0 saturated heterocycles. The molecule has 3 rings (SSSR count). The first-order valence-electron chi connectivity index (χ1n) is 8.31. The molecule has 0 unspecified atom stereocenters. The summed E-state index contributed by atoms with van der Waals surface area (Å²) >= 11 is 0. The van der Waals surface area contributed by atoms with Crippen LogP contribution in [0.25, 0.3) is 11.0 Å². The van der Waals surface area contributed by atoms with E-state index in [1.54, 1.807) is 12.1 Å². The normalized spacial score (nSPS) is 11.6. The van der Waals surface area contributed by atoms with Gasteiger partial charge in [0.15, 0.2) is 0 Å². The Morgan fingerprint density at radius 1 is 1.15 bits per heavy atom. The second-order valence-electron chi connectivity index (χ2n) is 5.81. The maximum absolute atomic E-state index is 12.5. The number of aromatic nitrogens is 2. The van der Waals surface area contributed by atoms with Gasteiger partial charge >= 0.3 is 0 Å². The van der Waals surface area contributed by atoms with Crippen molar-refractivity contribution in [1.29, 1.82) is 0 Å². The van der Waals surface area contributed by atoms with Crippen molar-refractivity contribution in [1.82, 2.24) is 20.0 Å². The molecule has 1 aromatic heterocycles. The number of hydrogen-bond donors (Lipinski definition) is 3. The van der Waals surface area contributed by atoms with Gasteiger partial charge in [-0.3, -0.25) is 4.79 Å². The third kappa shape index (κ3) is 4.09. The molecule has 0 fully saturated rings. The molecule has 0 bridgehead atoms. The number of hydrogen-bond acceptors (Lipinski definition) is 4. The third-order valence-electron chi connectivity index (χ3n) is 3.81. The molecule has 2 aromatic carbocycles. The van der Waals surface area contributed by atoms with Crippen molar-refractivity contribution in [3.05, 3.63) is 59.9 Å². The fraction of sp³-hybridized carbons (Fsp3) is 0.222. The molecular weight excluding hydrogens is 352 g/mol. The first kappa shape index (κ1) is 18.1. The summed E-state index contributed by atoms with van der Waals surface area (Å²) in [6, 6.07) is 13.4. The SMILES string of the molecule is CCCNC(=O)c1cccc(S(=O)(=O)NCc2nc3ccccc3[nH]2)c1. The van der Waals surface area contributed by atoms with E-state index in [0.29, 0.717) is 17.9 Å². The Hall–Kier alpha value is -2.71. The number of para-hydroxylation sites is 2. The van der Waals surface area contributed by atoms with Crippen molar-refractivity contribution < 1.29 is 13.2 Å². The first-order valence-corrected chi connectivity index (χ1v) is 9.79. The van der Waals surface area contributed by atoms with Crippen LogP contribution in [-0.2, 0) is 16.6 Å². The summed E-state index contributed by atoms with van der Waals surface area (Å²) in [7, 11) is -3.76. The number of carbonyl (C=O) groups excluding carboxylic acids is 1. The summed E-state index contributed by atoms with van der Waals surface area (Å²) in [6.07, 6.45) is 0.808. The monoisotopic (exact) mass is 372 g/mol. The van der Waals surface area contributed by atoms with Crippen molar-refractivity contribution in [3.8, 4) is 0 Å². The van der Waals surface area contributed by atoms with Crippen LogP contribution in [0.2, 0.25) is 0 Å². The van der Waals surface area contributed by atoms with Crippen LogP contribution in [0, 0.1) is 0 Å². The average Bonchev–Trinajstić information content (AvgIpc) is 3.08. The number of aromatic amines is 1. The van der Waals surface area contributed by atoms with Crippen LogP contribution < -0.4 is 10.0 Å². The van der Waals surface area contributed by atoms with Crippen LogP contribution in [0.1, 0.15) is 29.5 Å². The van der Waals surface area contributed by atoms with Gasteiger partial charge in [0.05, 0.1) is 22.5 Å². The Bertz CT molecular complexity index is 995. The predicted molar refractivity (Wildman–Crippen MR) is 99.2 cm³/mol. The fourth-order valence-electron chi connectivity index (χ4n) is 2.48. The number of nitrogens with zero attached hydrogens (tertiary/aromatic N) is 1. The molecule has 1 amide bonds. The topological polar surface area (TPSA) is 104 Å². The lowest BCUT2D eigenvalue weighted by Gasteiger charge is -2.08. The molecule has 26 heavy (non-hydrogen) atoms. The van der Waals surface area contributed by atoms with Gasteiger partial charge in [0.25, 0.3) is 5.91 Å². The second kappa shape index (κ2) is 7.67. The van der Waals surface area contributed by atoms with Crippen LogP contribution >= 0.6 is 0 Å². The fourth-order valence-corrected chi connectivity index (χ4v) is 3.51. The molecule has 0 radical (unpaired) electrons. The standard InChI is InChI=1S/C18H20N4O3S/c1-2-10-19-18(23)13-6-5-7-14(11-13)26(24,25)20-12-17-21-15-8-3-4-9-16(15)22-17/h3-9,11,20H,2,10,12H2,1H3,(H,19,23)(H,21,22). The van der Waals surface area contributed by atoms with Crippen molar-refractivity contribution in [3.63, 3.8) is 0 Å². The van der Waals surface area contributed by atoms with Gasteiger partial charge in [-0.05, 0) is 36.8 Å². The average molecular weight is 372 g/mol. The molecule has 3 N–H and O–H groups in total. The molecule has 0 saturated carbocycles. The second-order valence-corrected chi connectivity index (χ2v) is 7.58. The number of benzene rings is 2. The van der Waals surface area contributed by atoms with E-state index in [1.165, 1.54) is 12.1 Å². The zero-order chi connectivity index (χ0) is 18.6. The smallest absolute Gasteiger partial charge is 0.251 e. The Labute approximate surface area is 151 Å². The highest BCUT2D eigenvalue weighted by atomic mass is 32.2. The van der Waals surface area contributed by atoms with Gasteiger partial charge in [0.2, 0.25) is 10.0 Å². The number of amides is 1. The molecule has 136 valence electrons. The molecule has 0 aliphatic carbocycles. The van der Waals surface area contributed by atoms with Gasteiger partial charge in [-0.25, -0.2) is 18.1 Å². The molecule has 0 spiro atoms. The van der Waals surface area contributed by atoms with Crippen LogP contribution in [0.5, 0.6) is 0 Å². The Morgan fingerprint density at radius 3 is 2.73 bits per heavy atom. The van der Waals surface area contributed by atoms with E-state index in [-0.39, 0.29) is 17.3 Å². The molecule has 3 aromatic rings. The minimum absolute atomic E-state index is 0.0310. The number of sulfonamides is 1. The van der Waals surface area contributed by atoms with E-state index in [2.05, 4.69) is 20.0 Å². The molecule has 0 atom stereocenters. The summed E-state index contributed by atoms with van der Waals surface area (Å²) in [4.78, 5) is 19.5. The number of nitrogens with one attached hydrogen (secondary N) is 3. The highest BCUT2D eigenvalue weighted by molar-refractivity contribution is 7.89. The van der Waals surface area contributed by atoms with E-state index in [0.717, 1.165) is 17.5 Å². The summed E-state index contributed by atoms with van der Waals surface area (Å²) in [5, 5.41) is 2.73. The van der Waals surface area contributed by atoms with Crippen LogP contribution in [-0.4, -0.2) is 30.8 Å². The van der Waals surface area contributed by atoms with Crippen molar-refractivity contribution in [2.75, 3.05) is 6.54 Å². The lowest BCUT2D eigenvalue weighted by atomic mass is 10.2. The van der Waals surface area contributed by atoms with Gasteiger partial charge < -0.3 is 10.3 Å². The number of rotatable bonds is 7. The van der Waals surface area contributed by atoms with E-state index in [1.807, 2.05) is 31.2 Å². The maximum Gasteiger partial charge on any atom is 0.251 e. The van der Waals surface area contributed by atoms with Crippen LogP contribution in [0.3, 0.4) is 0 Å². The van der Waals surface area contributed by atoms with Crippen LogP contribution in [0.4, 0.5) is 0 Å². The summed E-state index contributed by atoms with van der Waals surface area (Å²) < 4.78 is 27.6. The summed E-state index contributed by atoms with van der Waals surface area (Å²) in [5.74, 6) is 0.229.